The first-order valence-corrected chi connectivity index (χ1v) is 35.7. The van der Waals surface area contributed by atoms with Gasteiger partial charge in [0.15, 0.2) is 0 Å². The Kier molecular flexibility index (Phi) is 79.8. The van der Waals surface area contributed by atoms with Gasteiger partial charge in [-0.3, -0.25) is 0 Å². The van der Waals surface area contributed by atoms with E-state index in [1.807, 2.05) is 0 Å². The summed E-state index contributed by atoms with van der Waals surface area (Å²) in [7, 11) is 0. The summed E-state index contributed by atoms with van der Waals surface area (Å²) in [6, 6.07) is 0. The molecule has 1 atom stereocenters. The Balaban J connectivity index is -0.000000138. The molecule has 0 unspecified atom stereocenters. The zero-order chi connectivity index (χ0) is 60.2. The van der Waals surface area contributed by atoms with Crippen molar-refractivity contribution in [2.24, 2.45) is 70.0 Å². The minimum atomic E-state index is 0.542. The first-order valence-electron chi connectivity index (χ1n) is 35.7. The molecule has 4 saturated carbocycles. The van der Waals surface area contributed by atoms with Crippen molar-refractivity contribution in [2.45, 2.75) is 425 Å². The normalized spacial score (nSPS) is 15.6. The Labute approximate surface area is 492 Å². The Morgan fingerprint density at radius 1 is 0.355 bits per heavy atom. The fourth-order valence-electron chi connectivity index (χ4n) is 9.07. The minimum absolute atomic E-state index is 0.542. The van der Waals surface area contributed by atoms with Crippen LogP contribution in [-0.2, 0) is 0 Å². The molecule has 0 radical (unpaired) electrons. The smallest absolute Gasteiger partial charge is 0.0383 e. The van der Waals surface area contributed by atoms with Crippen LogP contribution in [0.3, 0.4) is 0 Å². The van der Waals surface area contributed by atoms with Gasteiger partial charge in [0.1, 0.15) is 0 Å². The van der Waals surface area contributed by atoms with Crippen LogP contribution in [0.25, 0.3) is 0 Å². The molecular weight excluding hydrogens is 913 g/mol. The summed E-state index contributed by atoms with van der Waals surface area (Å²) >= 11 is 0. The average Bonchev–Trinajstić information content (AvgIpc) is 3.98. The summed E-state index contributed by atoms with van der Waals surface area (Å²) in [6.45, 7) is 63.6. The maximum absolute atomic E-state index is 2.36. The molecule has 0 aromatic heterocycles. The van der Waals surface area contributed by atoms with E-state index in [0.717, 1.165) is 59.2 Å². The van der Waals surface area contributed by atoms with Crippen molar-refractivity contribution >= 4 is 0 Å². The van der Waals surface area contributed by atoms with Crippen LogP contribution < -0.4 is 0 Å². The molecule has 0 heteroatoms. The van der Waals surface area contributed by atoms with E-state index in [-0.39, 0.29) is 0 Å². The van der Waals surface area contributed by atoms with Crippen LogP contribution >= 0.6 is 0 Å². The van der Waals surface area contributed by atoms with E-state index in [0.29, 0.717) is 10.8 Å². The van der Waals surface area contributed by atoms with Crippen LogP contribution in [0.5, 0.6) is 0 Å². The second kappa shape index (κ2) is 67.5. The van der Waals surface area contributed by atoms with Gasteiger partial charge in [-0.05, 0) is 76.4 Å². The fraction of sp³-hybridized carbons (Fsp3) is 1.00. The third kappa shape index (κ3) is 93.3. The lowest BCUT2D eigenvalue weighted by atomic mass is 9.78. The molecule has 0 heterocycles. The first-order chi connectivity index (χ1) is 35.7. The largest absolute Gasteiger partial charge is 0.0654 e. The highest BCUT2D eigenvalue weighted by Crippen LogP contribution is 2.34. The highest BCUT2D eigenvalue weighted by Gasteiger charge is 2.20. The highest BCUT2D eigenvalue weighted by molar-refractivity contribution is 4.72. The van der Waals surface area contributed by atoms with E-state index in [1.165, 1.54) is 231 Å². The van der Waals surface area contributed by atoms with E-state index in [2.05, 4.69) is 194 Å². The molecule has 76 heavy (non-hydrogen) atoms. The topological polar surface area (TPSA) is 0 Å². The minimum Gasteiger partial charge on any atom is -0.0654 e. The molecule has 4 fully saturated rings. The molecule has 470 valence electrons. The van der Waals surface area contributed by atoms with Gasteiger partial charge in [-0.15, -0.1) is 0 Å². The van der Waals surface area contributed by atoms with Crippen LogP contribution in [0, 0.1) is 70.0 Å². The maximum atomic E-state index is 2.36. The van der Waals surface area contributed by atoms with Gasteiger partial charge in [-0.25, -0.2) is 0 Å². The third-order valence-electron chi connectivity index (χ3n) is 16.5. The lowest BCUT2D eigenvalue weighted by Crippen LogP contribution is -2.16. The molecule has 0 N–H and O–H groups in total. The van der Waals surface area contributed by atoms with Gasteiger partial charge >= 0.3 is 0 Å². The third-order valence-corrected chi connectivity index (χ3v) is 16.5. The van der Waals surface area contributed by atoms with Crippen LogP contribution in [-0.4, -0.2) is 0 Å². The number of rotatable bonds is 21. The summed E-state index contributed by atoms with van der Waals surface area (Å²) in [5.74, 6) is 9.97. The van der Waals surface area contributed by atoms with Gasteiger partial charge < -0.3 is 0 Å². The van der Waals surface area contributed by atoms with Crippen LogP contribution in [0.2, 0.25) is 0 Å². The molecule has 0 aromatic rings. The van der Waals surface area contributed by atoms with Crippen molar-refractivity contribution in [2.75, 3.05) is 0 Å². The molecule has 0 amide bonds. The molecule has 0 aliphatic heterocycles. The van der Waals surface area contributed by atoms with Crippen LogP contribution in [0.1, 0.15) is 425 Å². The monoisotopic (exact) mass is 1080 g/mol. The Morgan fingerprint density at radius 3 is 0.842 bits per heavy atom. The SMILES string of the molecule is CC(C)C1CCC1.CC(C)C1CCCC1.CC1CCCCC1.CCC(C)(C)C.CCC(CC)CC.CCCC(C)(C)C.CCCC1CC1.CCCCC(C)C.CCCCC(C)C.CCCCCCC.CCC[C@H](C)CC. The zero-order valence-electron chi connectivity index (χ0n) is 60.2. The van der Waals surface area contributed by atoms with Gasteiger partial charge in [0.05, 0.1) is 0 Å². The molecule has 0 aromatic carbocycles. The van der Waals surface area contributed by atoms with E-state index in [9.17, 15) is 0 Å². The molecule has 0 saturated heterocycles. The summed E-state index contributed by atoms with van der Waals surface area (Å²) < 4.78 is 0. The van der Waals surface area contributed by atoms with Crippen LogP contribution in [0.4, 0.5) is 0 Å². The molecule has 0 nitrogen and oxygen atoms in total. The molecule has 4 rings (SSSR count). The first kappa shape index (κ1) is 89.8. The summed E-state index contributed by atoms with van der Waals surface area (Å²) in [6.07, 6.45) is 51.2. The van der Waals surface area contributed by atoms with E-state index in [1.54, 1.807) is 0 Å². The molecule has 0 bridgehead atoms. The van der Waals surface area contributed by atoms with Crippen molar-refractivity contribution in [3.8, 4) is 0 Å². The summed E-state index contributed by atoms with van der Waals surface area (Å²) in [5.41, 5.74) is 1.09. The Hall–Kier alpha value is 0. The lowest BCUT2D eigenvalue weighted by molar-refractivity contribution is 0.235. The predicted octanol–water partition coefficient (Wildman–Crippen LogP) is 29.6. The Bertz CT molecular complexity index is 902. The Morgan fingerprint density at radius 2 is 0.724 bits per heavy atom. The predicted molar refractivity (Wildman–Crippen MR) is 365 cm³/mol. The van der Waals surface area contributed by atoms with Gasteiger partial charge in [-0.2, -0.15) is 0 Å². The van der Waals surface area contributed by atoms with E-state index in [4.69, 9.17) is 0 Å². The van der Waals surface area contributed by atoms with Gasteiger partial charge in [0, 0.05) is 0 Å². The van der Waals surface area contributed by atoms with Crippen LogP contribution in [0.15, 0.2) is 0 Å². The van der Waals surface area contributed by atoms with Crippen molar-refractivity contribution in [1.82, 2.24) is 0 Å². The lowest BCUT2D eigenvalue weighted by Gasteiger charge is -2.28. The fourth-order valence-corrected chi connectivity index (χ4v) is 9.07. The number of hydrogen-bond acceptors (Lipinski definition) is 0. The quantitative estimate of drug-likeness (QED) is 0.101. The second-order valence-electron chi connectivity index (χ2n) is 28.9. The molecule has 4 aliphatic carbocycles. The number of hydrogen-bond donors (Lipinski definition) is 0. The molecule has 0 spiro atoms. The van der Waals surface area contributed by atoms with Gasteiger partial charge in [0.2, 0.25) is 0 Å². The zero-order valence-corrected chi connectivity index (χ0v) is 60.2. The van der Waals surface area contributed by atoms with Crippen molar-refractivity contribution in [3.05, 3.63) is 0 Å². The second-order valence-corrected chi connectivity index (χ2v) is 28.9. The standard InChI is InChI=1S/C8H16.2C7H14.6C7H16.C6H12.C6H14/c1-7(2)8-5-3-4-6-8;1-6(2)7-4-3-5-7;1-7-5-3-2-4-6-7;1-5-6-7(2,3)4;2*1-4-5-6-7(2)3;1-4-6-7(3)5-2;1-4-7(5-2)6-3;1-3-5-7-6-4-2;1-2-3-6-4-5-6;1-5-6(2,3)4/h7-8H,3-6H2,1-2H3;6-7H,3-5H2,1-2H3;7H,2-6H2,1H3;5-6H2,1-4H3;4*7H,4-6H2,1-3H3;3-7H2,1-2H3;6H,2-5H2,1H3;5H2,1-4H3/t;;;;;;7-;;;;/m......1..../s1. The number of unbranched alkanes of at least 4 members (excludes halogenated alkanes) is 6. The van der Waals surface area contributed by atoms with E-state index < -0.39 is 0 Å². The summed E-state index contributed by atoms with van der Waals surface area (Å²) in [4.78, 5) is 0. The van der Waals surface area contributed by atoms with Gasteiger partial charge in [0.25, 0.3) is 0 Å². The highest BCUT2D eigenvalue weighted by atomic mass is 14.3. The molecule has 4 aliphatic rings. The summed E-state index contributed by atoms with van der Waals surface area (Å²) in [5, 5.41) is 0. The van der Waals surface area contributed by atoms with Crippen molar-refractivity contribution in [1.29, 1.82) is 0 Å². The van der Waals surface area contributed by atoms with E-state index >= 15 is 0 Å². The van der Waals surface area contributed by atoms with Gasteiger partial charge in [-0.1, -0.05) is 419 Å². The van der Waals surface area contributed by atoms with Crippen molar-refractivity contribution < 1.29 is 0 Å². The maximum Gasteiger partial charge on any atom is -0.0383 e. The molecular formula is C76H166. The average molecular weight is 1080 g/mol. The van der Waals surface area contributed by atoms with Crippen molar-refractivity contribution in [3.63, 3.8) is 0 Å².